The molecule has 1 aromatic rings. The summed E-state index contributed by atoms with van der Waals surface area (Å²) in [5, 5.41) is 0. The van der Waals surface area contributed by atoms with Gasteiger partial charge in [-0.25, -0.2) is 18.4 Å². The summed E-state index contributed by atoms with van der Waals surface area (Å²) in [5.41, 5.74) is 0.948. The van der Waals surface area contributed by atoms with Gasteiger partial charge < -0.3 is 9.80 Å². The van der Waals surface area contributed by atoms with Gasteiger partial charge in [0.2, 0.25) is 5.91 Å². The van der Waals surface area contributed by atoms with Crippen LogP contribution in [-0.2, 0) is 14.6 Å². The van der Waals surface area contributed by atoms with Crippen LogP contribution in [0.15, 0.2) is 6.07 Å². The van der Waals surface area contributed by atoms with Crippen LogP contribution in [0.3, 0.4) is 0 Å². The molecule has 0 radical (unpaired) electrons. The van der Waals surface area contributed by atoms with Crippen molar-refractivity contribution in [2.24, 2.45) is 5.92 Å². The lowest BCUT2D eigenvalue weighted by molar-refractivity contribution is -0.135. The van der Waals surface area contributed by atoms with Crippen molar-refractivity contribution in [2.75, 3.05) is 42.6 Å². The molecule has 25 heavy (non-hydrogen) atoms. The summed E-state index contributed by atoms with van der Waals surface area (Å²) < 4.78 is 23.2. The number of hydrogen-bond acceptors (Lipinski definition) is 6. The van der Waals surface area contributed by atoms with Crippen molar-refractivity contribution in [2.45, 2.75) is 33.1 Å². The molecule has 0 aromatic carbocycles. The lowest BCUT2D eigenvalue weighted by atomic mass is 10.1. The third-order valence-corrected chi connectivity index (χ3v) is 6.64. The van der Waals surface area contributed by atoms with Crippen LogP contribution in [0.25, 0.3) is 0 Å². The van der Waals surface area contributed by atoms with E-state index in [4.69, 9.17) is 0 Å². The fraction of sp³-hybridized carbons (Fsp3) is 0.706. The Morgan fingerprint density at radius 1 is 1.20 bits per heavy atom. The number of rotatable bonds is 3. The van der Waals surface area contributed by atoms with E-state index in [1.807, 2.05) is 13.0 Å². The van der Waals surface area contributed by atoms with Gasteiger partial charge in [-0.1, -0.05) is 13.8 Å². The van der Waals surface area contributed by atoms with Crippen LogP contribution in [0.4, 0.5) is 5.82 Å². The molecule has 1 atom stereocenters. The molecule has 8 heteroatoms. The molecule has 0 N–H and O–H groups in total. The molecule has 1 aromatic heterocycles. The summed E-state index contributed by atoms with van der Waals surface area (Å²) >= 11 is 0. The Morgan fingerprint density at radius 3 is 2.44 bits per heavy atom. The Balaban J connectivity index is 1.63. The Morgan fingerprint density at radius 2 is 1.88 bits per heavy atom. The number of sulfone groups is 1. The smallest absolute Gasteiger partial charge is 0.226 e. The van der Waals surface area contributed by atoms with Crippen LogP contribution in [-0.4, -0.2) is 66.9 Å². The molecule has 2 aliphatic rings. The molecule has 2 saturated heterocycles. The first-order valence-corrected chi connectivity index (χ1v) is 10.7. The molecule has 0 bridgehead atoms. The fourth-order valence-corrected chi connectivity index (χ4v) is 5.13. The number of carbonyl (C=O) groups is 1. The summed E-state index contributed by atoms with van der Waals surface area (Å²) in [6.45, 7) is 8.75. The maximum atomic E-state index is 12.5. The Kier molecular flexibility index (Phi) is 4.99. The number of carbonyl (C=O) groups excluding carboxylic acids is 1. The van der Waals surface area contributed by atoms with Crippen LogP contribution in [0.2, 0.25) is 0 Å². The number of nitrogens with zero attached hydrogens (tertiary/aromatic N) is 4. The largest absolute Gasteiger partial charge is 0.353 e. The minimum absolute atomic E-state index is 0.00883. The highest BCUT2D eigenvalue weighted by molar-refractivity contribution is 7.91. The van der Waals surface area contributed by atoms with E-state index in [0.717, 1.165) is 17.3 Å². The maximum absolute atomic E-state index is 12.5. The second-order valence-electron chi connectivity index (χ2n) is 7.29. The molecule has 138 valence electrons. The second-order valence-corrected chi connectivity index (χ2v) is 9.52. The summed E-state index contributed by atoms with van der Waals surface area (Å²) in [7, 11) is -3.03. The third kappa shape index (κ3) is 4.11. The zero-order valence-electron chi connectivity index (χ0n) is 15.1. The van der Waals surface area contributed by atoms with E-state index < -0.39 is 9.84 Å². The van der Waals surface area contributed by atoms with Gasteiger partial charge in [-0.3, -0.25) is 4.79 Å². The van der Waals surface area contributed by atoms with Gasteiger partial charge in [0.05, 0.1) is 17.4 Å². The van der Waals surface area contributed by atoms with E-state index in [-0.39, 0.29) is 29.2 Å². The molecular formula is C17H26N4O3S. The van der Waals surface area contributed by atoms with Crippen LogP contribution < -0.4 is 4.90 Å². The lowest BCUT2D eigenvalue weighted by Crippen LogP contribution is -2.50. The highest BCUT2D eigenvalue weighted by Gasteiger charge is 2.36. The maximum Gasteiger partial charge on any atom is 0.226 e. The average molecular weight is 366 g/mol. The van der Waals surface area contributed by atoms with Gasteiger partial charge in [-0.2, -0.15) is 0 Å². The van der Waals surface area contributed by atoms with Gasteiger partial charge in [-0.05, 0) is 13.3 Å². The quantitative estimate of drug-likeness (QED) is 0.793. The SMILES string of the molecule is Cc1cc(N2CCN(C(=O)C3CCS(=O)(=O)C3)CC2)nc(C(C)C)n1. The number of amides is 1. The van der Waals surface area contributed by atoms with Crippen molar-refractivity contribution in [3.8, 4) is 0 Å². The highest BCUT2D eigenvalue weighted by Crippen LogP contribution is 2.23. The van der Waals surface area contributed by atoms with Gasteiger partial charge >= 0.3 is 0 Å². The van der Waals surface area contributed by atoms with E-state index in [0.29, 0.717) is 32.6 Å². The topological polar surface area (TPSA) is 83.5 Å². The van der Waals surface area contributed by atoms with E-state index in [9.17, 15) is 13.2 Å². The minimum Gasteiger partial charge on any atom is -0.353 e. The minimum atomic E-state index is -3.03. The summed E-state index contributed by atoms with van der Waals surface area (Å²) in [4.78, 5) is 25.7. The first kappa shape index (κ1) is 18.1. The van der Waals surface area contributed by atoms with Gasteiger partial charge in [-0.15, -0.1) is 0 Å². The highest BCUT2D eigenvalue weighted by atomic mass is 32.2. The third-order valence-electron chi connectivity index (χ3n) is 4.87. The zero-order chi connectivity index (χ0) is 18.2. The van der Waals surface area contributed by atoms with Crippen molar-refractivity contribution >= 4 is 21.6 Å². The van der Waals surface area contributed by atoms with E-state index in [1.165, 1.54) is 0 Å². The number of aromatic nitrogens is 2. The predicted molar refractivity (Wildman–Crippen MR) is 96.4 cm³/mol. The average Bonchev–Trinajstić information content (AvgIpc) is 2.93. The Hall–Kier alpha value is -1.70. The van der Waals surface area contributed by atoms with Gasteiger partial charge in [0.15, 0.2) is 9.84 Å². The van der Waals surface area contributed by atoms with Crippen molar-refractivity contribution in [1.82, 2.24) is 14.9 Å². The molecule has 7 nitrogen and oxygen atoms in total. The monoisotopic (exact) mass is 366 g/mol. The van der Waals surface area contributed by atoms with Gasteiger partial charge in [0, 0.05) is 43.9 Å². The predicted octanol–water partition coefficient (Wildman–Crippen LogP) is 0.992. The number of aryl methyl sites for hydroxylation is 1. The molecule has 0 aliphatic carbocycles. The zero-order valence-corrected chi connectivity index (χ0v) is 15.9. The van der Waals surface area contributed by atoms with E-state index >= 15 is 0 Å². The lowest BCUT2D eigenvalue weighted by Gasteiger charge is -2.36. The molecule has 3 rings (SSSR count). The molecular weight excluding hydrogens is 340 g/mol. The summed E-state index contributed by atoms with van der Waals surface area (Å²) in [6, 6.07) is 1.98. The first-order valence-electron chi connectivity index (χ1n) is 8.85. The number of hydrogen-bond donors (Lipinski definition) is 0. The van der Waals surface area contributed by atoms with E-state index in [2.05, 4.69) is 28.7 Å². The summed E-state index contributed by atoms with van der Waals surface area (Å²) in [6.07, 6.45) is 0.463. The molecule has 1 unspecified atom stereocenters. The second kappa shape index (κ2) is 6.90. The van der Waals surface area contributed by atoms with Crippen LogP contribution in [0.5, 0.6) is 0 Å². The first-order chi connectivity index (χ1) is 11.7. The summed E-state index contributed by atoms with van der Waals surface area (Å²) in [5.74, 6) is 1.80. The molecule has 1 amide bonds. The standard InChI is InChI=1S/C17H26N4O3S/c1-12(2)16-18-13(3)10-15(19-16)20-5-7-21(8-6-20)17(22)14-4-9-25(23,24)11-14/h10,12,14H,4-9,11H2,1-3H3. The van der Waals surface area contributed by atoms with Gasteiger partial charge in [0.25, 0.3) is 0 Å². The van der Waals surface area contributed by atoms with Crippen molar-refractivity contribution in [3.63, 3.8) is 0 Å². The molecule has 0 saturated carbocycles. The van der Waals surface area contributed by atoms with Crippen molar-refractivity contribution in [3.05, 3.63) is 17.6 Å². The molecule has 0 spiro atoms. The van der Waals surface area contributed by atoms with Crippen LogP contribution in [0.1, 0.15) is 37.7 Å². The van der Waals surface area contributed by atoms with E-state index in [1.54, 1.807) is 4.90 Å². The Bertz CT molecular complexity index is 755. The molecule has 2 aliphatic heterocycles. The Labute approximate surface area is 149 Å². The number of anilines is 1. The normalized spacial score (nSPS) is 23.3. The molecule has 2 fully saturated rings. The molecule has 3 heterocycles. The fourth-order valence-electron chi connectivity index (χ4n) is 3.40. The van der Waals surface area contributed by atoms with Crippen molar-refractivity contribution in [1.29, 1.82) is 0 Å². The van der Waals surface area contributed by atoms with Gasteiger partial charge in [0.1, 0.15) is 11.6 Å². The van der Waals surface area contributed by atoms with Crippen LogP contribution >= 0.6 is 0 Å². The van der Waals surface area contributed by atoms with Crippen molar-refractivity contribution < 1.29 is 13.2 Å². The number of piperazine rings is 1. The van der Waals surface area contributed by atoms with Crippen LogP contribution in [0, 0.1) is 12.8 Å².